The van der Waals surface area contributed by atoms with E-state index in [2.05, 4.69) is 54.5 Å². The van der Waals surface area contributed by atoms with E-state index in [-0.39, 0.29) is 33.5 Å². The summed E-state index contributed by atoms with van der Waals surface area (Å²) < 4.78 is 0. The molecule has 4 heteroatoms. The molecule has 0 aromatic heterocycles. The molecule has 192 valence electrons. The van der Waals surface area contributed by atoms with Gasteiger partial charge in [0.1, 0.15) is 0 Å². The zero-order valence-corrected chi connectivity index (χ0v) is 22.6. The smallest absolute Gasteiger partial charge is 0.314 e. The molecule has 0 spiro atoms. The fourth-order valence-corrected chi connectivity index (χ4v) is 10.8. The first-order valence-electron chi connectivity index (χ1n) is 13.9. The van der Waals surface area contributed by atoms with Crippen molar-refractivity contribution >= 4 is 5.97 Å². The highest BCUT2D eigenvalue weighted by Crippen LogP contribution is 2.75. The lowest BCUT2D eigenvalue weighted by molar-refractivity contribution is -0.245. The number of aliphatic hydroxyl groups is 2. The second kappa shape index (κ2) is 7.12. The number of hydrogen-bond donors (Lipinski definition) is 3. The fourth-order valence-electron chi connectivity index (χ4n) is 10.8. The average Bonchev–Trinajstić information content (AvgIpc) is 2.70. The Morgan fingerprint density at radius 2 is 1.56 bits per heavy atom. The van der Waals surface area contributed by atoms with Crippen LogP contribution in [0, 0.1) is 50.2 Å². The van der Waals surface area contributed by atoms with Crippen molar-refractivity contribution in [3.8, 4) is 0 Å². The van der Waals surface area contributed by atoms with E-state index < -0.39 is 29.0 Å². The van der Waals surface area contributed by atoms with Crippen molar-refractivity contribution in [2.75, 3.05) is 0 Å². The number of aliphatic hydroxyl groups excluding tert-OH is 2. The number of allylic oxidation sites excluding steroid dienone is 1. The van der Waals surface area contributed by atoms with Crippen LogP contribution < -0.4 is 0 Å². The minimum atomic E-state index is -0.900. The van der Waals surface area contributed by atoms with Gasteiger partial charge in [0.05, 0.1) is 17.6 Å². The number of aliphatic carboxylic acids is 1. The van der Waals surface area contributed by atoms with Crippen molar-refractivity contribution in [2.45, 2.75) is 118 Å². The van der Waals surface area contributed by atoms with Crippen LogP contribution in [0.25, 0.3) is 0 Å². The van der Waals surface area contributed by atoms with Gasteiger partial charge in [-0.15, -0.1) is 0 Å². The Kier molecular flexibility index (Phi) is 5.20. The molecule has 0 radical (unpaired) electrons. The van der Waals surface area contributed by atoms with Gasteiger partial charge in [-0.2, -0.15) is 0 Å². The molecule has 0 amide bonds. The van der Waals surface area contributed by atoms with Crippen LogP contribution >= 0.6 is 0 Å². The van der Waals surface area contributed by atoms with Crippen LogP contribution in [0.3, 0.4) is 0 Å². The molecular weight excluding hydrogens is 424 g/mol. The van der Waals surface area contributed by atoms with Gasteiger partial charge in [-0.25, -0.2) is 0 Å². The SMILES string of the molecule is CC1(C)CC[C@]2(C)CC[C@@]3(C(=O)O)C(=CC[C@H]4[C@@]5(C)CC[C@@H](O)C(C)(C)[C@@H]5[C@H](O)C[C@@]43C)[C@H]2C1. The highest BCUT2D eigenvalue weighted by Gasteiger charge is 2.73. The zero-order chi connectivity index (χ0) is 25.1. The molecular formula is C30H48O4. The van der Waals surface area contributed by atoms with Gasteiger partial charge < -0.3 is 15.3 Å². The van der Waals surface area contributed by atoms with E-state index in [0.29, 0.717) is 18.8 Å². The minimum absolute atomic E-state index is 0.0231. The lowest BCUT2D eigenvalue weighted by Crippen LogP contribution is -2.69. The largest absolute Gasteiger partial charge is 0.481 e. The summed E-state index contributed by atoms with van der Waals surface area (Å²) in [7, 11) is 0. The van der Waals surface area contributed by atoms with Crippen molar-refractivity contribution in [2.24, 2.45) is 50.2 Å². The number of carbonyl (C=O) groups is 1. The maximum Gasteiger partial charge on any atom is 0.314 e. The second-order valence-corrected chi connectivity index (χ2v) is 15.3. The lowest BCUT2D eigenvalue weighted by Gasteiger charge is -2.71. The fraction of sp³-hybridized carbons (Fsp3) is 0.900. The quantitative estimate of drug-likeness (QED) is 0.397. The Balaban J connectivity index is 1.67. The Labute approximate surface area is 206 Å². The molecule has 0 unspecified atom stereocenters. The summed E-state index contributed by atoms with van der Waals surface area (Å²) in [6.45, 7) is 15.9. The van der Waals surface area contributed by atoms with E-state index in [1.54, 1.807) is 0 Å². The highest BCUT2D eigenvalue weighted by molar-refractivity contribution is 5.81. The van der Waals surface area contributed by atoms with Crippen molar-refractivity contribution in [1.82, 2.24) is 0 Å². The van der Waals surface area contributed by atoms with Crippen molar-refractivity contribution in [3.05, 3.63) is 11.6 Å². The van der Waals surface area contributed by atoms with Gasteiger partial charge in [-0.1, -0.05) is 60.1 Å². The Hall–Kier alpha value is -0.870. The van der Waals surface area contributed by atoms with E-state index in [4.69, 9.17) is 0 Å². The number of carboxylic acids is 1. The van der Waals surface area contributed by atoms with Gasteiger partial charge in [0.15, 0.2) is 0 Å². The van der Waals surface area contributed by atoms with Crippen LogP contribution in [0.5, 0.6) is 0 Å². The van der Waals surface area contributed by atoms with Crippen LogP contribution in [0.15, 0.2) is 11.6 Å². The summed E-state index contributed by atoms with van der Waals surface area (Å²) >= 11 is 0. The Morgan fingerprint density at radius 3 is 2.21 bits per heavy atom. The molecule has 0 saturated heterocycles. The van der Waals surface area contributed by atoms with Crippen molar-refractivity contribution in [3.63, 3.8) is 0 Å². The van der Waals surface area contributed by atoms with E-state index in [9.17, 15) is 20.1 Å². The first-order valence-corrected chi connectivity index (χ1v) is 13.9. The molecule has 34 heavy (non-hydrogen) atoms. The van der Waals surface area contributed by atoms with Gasteiger partial charge in [-0.3, -0.25) is 4.79 Å². The third-order valence-corrected chi connectivity index (χ3v) is 12.7. The molecule has 9 atom stereocenters. The molecule has 4 fully saturated rings. The molecule has 4 nitrogen and oxygen atoms in total. The summed E-state index contributed by atoms with van der Waals surface area (Å²) in [4.78, 5) is 13.5. The third kappa shape index (κ3) is 2.88. The molecule has 0 aromatic carbocycles. The summed E-state index contributed by atoms with van der Waals surface area (Å²) in [5.41, 5.74) is -0.349. The summed E-state index contributed by atoms with van der Waals surface area (Å²) in [5, 5.41) is 33.7. The maximum atomic E-state index is 13.5. The van der Waals surface area contributed by atoms with Gasteiger partial charge >= 0.3 is 5.97 Å². The van der Waals surface area contributed by atoms with Crippen LogP contribution in [-0.4, -0.2) is 33.5 Å². The van der Waals surface area contributed by atoms with E-state index >= 15 is 0 Å². The van der Waals surface area contributed by atoms with Gasteiger partial charge in [0.2, 0.25) is 0 Å². The summed E-state index contributed by atoms with van der Waals surface area (Å²) in [6, 6.07) is 0. The second-order valence-electron chi connectivity index (χ2n) is 15.3. The molecule has 0 heterocycles. The molecule has 4 saturated carbocycles. The molecule has 5 rings (SSSR count). The van der Waals surface area contributed by atoms with Crippen LogP contribution in [0.2, 0.25) is 0 Å². The molecule has 0 aromatic rings. The summed E-state index contributed by atoms with van der Waals surface area (Å²) in [6.07, 6.45) is 9.45. The van der Waals surface area contributed by atoms with Crippen LogP contribution in [-0.2, 0) is 4.79 Å². The van der Waals surface area contributed by atoms with E-state index in [0.717, 1.165) is 32.1 Å². The lowest BCUT2D eigenvalue weighted by atomic mass is 9.33. The molecule has 3 N–H and O–H groups in total. The van der Waals surface area contributed by atoms with Crippen molar-refractivity contribution < 1.29 is 20.1 Å². The minimum Gasteiger partial charge on any atom is -0.481 e. The predicted molar refractivity (Wildman–Crippen MR) is 134 cm³/mol. The summed E-state index contributed by atoms with van der Waals surface area (Å²) in [5.74, 6) is -0.182. The first kappa shape index (κ1) is 24.8. The third-order valence-electron chi connectivity index (χ3n) is 12.7. The Bertz CT molecular complexity index is 919. The standard InChI is InChI=1S/C30H48O4/c1-25(2)12-13-27(5)14-15-30(24(33)34)18(19(27)16-25)8-9-21-28(6)11-10-22(32)26(3,4)23(28)20(31)17-29(21,30)7/h8,19-23,31-32H,9-17H2,1-7H3,(H,33,34)/t19-,20-,21+,22-,23+,27-,28-,29+,30+/m1/s1. The zero-order valence-electron chi connectivity index (χ0n) is 22.6. The number of carboxylic acid groups (broad SMARTS) is 1. The molecule has 0 aliphatic heterocycles. The van der Waals surface area contributed by atoms with Crippen molar-refractivity contribution in [1.29, 1.82) is 0 Å². The van der Waals surface area contributed by atoms with Crippen LogP contribution in [0.4, 0.5) is 0 Å². The Morgan fingerprint density at radius 1 is 0.912 bits per heavy atom. The average molecular weight is 473 g/mol. The predicted octanol–water partition coefficient (Wildman–Crippen LogP) is 6.20. The number of hydrogen-bond acceptors (Lipinski definition) is 3. The monoisotopic (exact) mass is 472 g/mol. The van der Waals surface area contributed by atoms with Crippen LogP contribution in [0.1, 0.15) is 106 Å². The van der Waals surface area contributed by atoms with Gasteiger partial charge in [0, 0.05) is 0 Å². The number of rotatable bonds is 1. The number of fused-ring (bicyclic) bond motifs is 7. The van der Waals surface area contributed by atoms with Gasteiger partial charge in [0.25, 0.3) is 0 Å². The maximum absolute atomic E-state index is 13.5. The molecule has 5 aliphatic carbocycles. The van der Waals surface area contributed by atoms with Gasteiger partial charge in [-0.05, 0) is 103 Å². The topological polar surface area (TPSA) is 77.8 Å². The van der Waals surface area contributed by atoms with E-state index in [1.165, 1.54) is 18.4 Å². The molecule has 5 aliphatic rings. The first-order chi connectivity index (χ1) is 15.6. The normalized spacial score (nSPS) is 53.4. The molecule has 0 bridgehead atoms. The highest BCUT2D eigenvalue weighted by atomic mass is 16.4. The van der Waals surface area contributed by atoms with E-state index in [1.807, 2.05) is 0 Å².